The third-order valence-corrected chi connectivity index (χ3v) is 10.5. The molecule has 6 aromatic rings. The van der Waals surface area contributed by atoms with Gasteiger partial charge in [-0.1, -0.05) is 12.1 Å². The molecule has 0 atom stereocenters. The lowest BCUT2D eigenvalue weighted by Gasteiger charge is -2.27. The number of likely N-dealkylation sites (tertiary alicyclic amines) is 2. The largest absolute Gasteiger partial charge is 0.416 e. The number of ether oxygens (including phenoxy) is 1. The van der Waals surface area contributed by atoms with Crippen molar-refractivity contribution in [2.24, 2.45) is 0 Å². The quantitative estimate of drug-likeness (QED) is 0.143. The second-order valence-corrected chi connectivity index (χ2v) is 14.2. The van der Waals surface area contributed by atoms with Crippen LogP contribution in [-0.2, 0) is 30.3 Å². The lowest BCUT2D eigenvalue weighted by Crippen LogP contribution is -2.36. The van der Waals surface area contributed by atoms with Crippen LogP contribution in [0.2, 0.25) is 0 Å². The number of carbonyl (C=O) groups is 2. The number of carbonyl (C=O) groups excluding carboxylic acids is 2. The number of amides is 2. The zero-order chi connectivity index (χ0) is 39.9. The maximum Gasteiger partial charge on any atom is 0.416 e. The molecule has 4 aromatic heterocycles. The number of halogens is 6. The van der Waals surface area contributed by atoms with E-state index in [4.69, 9.17) is 4.74 Å². The molecule has 0 radical (unpaired) electrons. The number of fused-ring (bicyclic) bond motifs is 2. The first-order valence-corrected chi connectivity index (χ1v) is 18.6. The van der Waals surface area contributed by atoms with E-state index in [9.17, 15) is 35.9 Å². The van der Waals surface area contributed by atoms with Crippen LogP contribution in [0.25, 0.3) is 33.2 Å². The van der Waals surface area contributed by atoms with Gasteiger partial charge in [0.05, 0.1) is 81.7 Å². The zero-order valence-corrected chi connectivity index (χ0v) is 30.5. The van der Waals surface area contributed by atoms with Gasteiger partial charge in [-0.05, 0) is 74.9 Å². The third-order valence-electron chi connectivity index (χ3n) is 10.5. The Kier molecular flexibility index (Phi) is 10.2. The second-order valence-electron chi connectivity index (χ2n) is 14.2. The Morgan fingerprint density at radius 1 is 0.579 bits per heavy atom. The summed E-state index contributed by atoms with van der Waals surface area (Å²) in [5.74, 6) is -0.547. The molecule has 2 aliphatic heterocycles. The van der Waals surface area contributed by atoms with Crippen molar-refractivity contribution in [2.75, 3.05) is 26.2 Å². The van der Waals surface area contributed by atoms with Gasteiger partial charge in [-0.3, -0.25) is 19.6 Å². The van der Waals surface area contributed by atoms with Crippen molar-refractivity contribution >= 4 is 33.6 Å². The molecule has 11 nitrogen and oxygen atoms in total. The number of rotatable bonds is 8. The lowest BCUT2D eigenvalue weighted by atomic mass is 10.1. The number of hydrogen-bond donors (Lipinski definition) is 0. The van der Waals surface area contributed by atoms with Gasteiger partial charge in [0.15, 0.2) is 0 Å². The molecule has 2 aromatic carbocycles. The Balaban J connectivity index is 1.19. The Hall–Kier alpha value is -5.84. The van der Waals surface area contributed by atoms with E-state index in [0.29, 0.717) is 59.7 Å². The first-order chi connectivity index (χ1) is 27.4. The smallest absolute Gasteiger partial charge is 0.369 e. The minimum absolute atomic E-state index is 0.0744. The van der Waals surface area contributed by atoms with Gasteiger partial charge in [-0.15, -0.1) is 0 Å². The summed E-state index contributed by atoms with van der Waals surface area (Å²) in [6.45, 7) is 1.74. The molecule has 2 amide bonds. The van der Waals surface area contributed by atoms with E-state index in [0.717, 1.165) is 62.8 Å². The molecule has 2 fully saturated rings. The Morgan fingerprint density at radius 3 is 1.37 bits per heavy atom. The molecule has 0 N–H and O–H groups in total. The van der Waals surface area contributed by atoms with Crippen LogP contribution >= 0.6 is 0 Å². The number of nitrogens with zero attached hydrogens (tertiary/aromatic N) is 8. The molecule has 6 heterocycles. The number of hydrogen-bond acceptors (Lipinski definition) is 7. The van der Waals surface area contributed by atoms with E-state index in [1.165, 1.54) is 46.3 Å². The summed E-state index contributed by atoms with van der Waals surface area (Å²) in [5, 5.41) is 9.80. The van der Waals surface area contributed by atoms with Crippen molar-refractivity contribution in [3.63, 3.8) is 0 Å². The van der Waals surface area contributed by atoms with Gasteiger partial charge in [0.25, 0.3) is 11.8 Å². The van der Waals surface area contributed by atoms with Crippen LogP contribution in [0.3, 0.4) is 0 Å². The van der Waals surface area contributed by atoms with Gasteiger partial charge in [0.1, 0.15) is 0 Å². The van der Waals surface area contributed by atoms with Crippen molar-refractivity contribution in [2.45, 2.75) is 64.1 Å². The summed E-state index contributed by atoms with van der Waals surface area (Å²) in [4.78, 5) is 39.8. The fourth-order valence-corrected chi connectivity index (χ4v) is 7.56. The van der Waals surface area contributed by atoms with Crippen LogP contribution in [0.1, 0.15) is 81.8 Å². The van der Waals surface area contributed by atoms with Crippen LogP contribution in [0.4, 0.5) is 26.3 Å². The minimum Gasteiger partial charge on any atom is -0.369 e. The minimum atomic E-state index is -4.58. The fourth-order valence-electron chi connectivity index (χ4n) is 7.56. The molecule has 0 bridgehead atoms. The highest BCUT2D eigenvalue weighted by Crippen LogP contribution is 2.35. The Labute approximate surface area is 321 Å². The summed E-state index contributed by atoms with van der Waals surface area (Å²) in [7, 11) is 0. The van der Waals surface area contributed by atoms with Crippen LogP contribution in [0.5, 0.6) is 0 Å². The van der Waals surface area contributed by atoms with E-state index in [2.05, 4.69) is 20.2 Å². The highest BCUT2D eigenvalue weighted by atomic mass is 19.4. The highest BCUT2D eigenvalue weighted by Gasteiger charge is 2.33. The first-order valence-electron chi connectivity index (χ1n) is 18.6. The standard InChI is InChI=1S/C40H36F6N8O3/c41-39(42,43)25-7-9-27-31(19-25)47-13-11-33(27)53-35(29(21-49-53)37(55)51-15-3-1-4-16-51)23-57-24-36-30(38(56)52-17-5-2-6-18-52)22-50-54(36)34-12-14-48-32-20-26(40(44,45)46)8-10-28(32)34/h7-14,19-22H,1-6,15-18,23-24H2. The maximum atomic E-state index is 14.0. The first kappa shape index (κ1) is 38.1. The molecule has 8 rings (SSSR count). The van der Waals surface area contributed by atoms with Gasteiger partial charge in [0, 0.05) is 49.3 Å². The van der Waals surface area contributed by atoms with Gasteiger partial charge in [0.2, 0.25) is 0 Å². The van der Waals surface area contributed by atoms with Crippen LogP contribution in [-0.4, -0.2) is 77.3 Å². The van der Waals surface area contributed by atoms with Crippen LogP contribution in [0.15, 0.2) is 73.3 Å². The summed E-state index contributed by atoms with van der Waals surface area (Å²) >= 11 is 0. The number of benzene rings is 2. The van der Waals surface area contributed by atoms with Crippen molar-refractivity contribution in [3.05, 3.63) is 107 Å². The fraction of sp³-hybridized carbons (Fsp3) is 0.350. The average molecular weight is 791 g/mol. The van der Waals surface area contributed by atoms with Crippen molar-refractivity contribution in [1.29, 1.82) is 0 Å². The van der Waals surface area contributed by atoms with E-state index in [-0.39, 0.29) is 47.2 Å². The Bertz CT molecular complexity index is 2290. The van der Waals surface area contributed by atoms with Gasteiger partial charge in [-0.25, -0.2) is 9.36 Å². The van der Waals surface area contributed by atoms with Gasteiger partial charge >= 0.3 is 12.4 Å². The highest BCUT2D eigenvalue weighted by molar-refractivity contribution is 5.97. The topological polar surface area (TPSA) is 111 Å². The molecule has 0 aliphatic carbocycles. The third kappa shape index (κ3) is 7.55. The van der Waals surface area contributed by atoms with E-state index < -0.39 is 23.5 Å². The monoisotopic (exact) mass is 790 g/mol. The van der Waals surface area contributed by atoms with Crippen molar-refractivity contribution in [1.82, 2.24) is 39.3 Å². The molecular weight excluding hydrogens is 754 g/mol. The zero-order valence-electron chi connectivity index (χ0n) is 30.5. The number of pyridine rings is 2. The summed E-state index contributed by atoms with van der Waals surface area (Å²) in [6.07, 6.45) is 1.72. The molecule has 57 heavy (non-hydrogen) atoms. The number of alkyl halides is 6. The average Bonchev–Trinajstić information content (AvgIpc) is 3.84. The molecule has 0 saturated carbocycles. The SMILES string of the molecule is O=C(c1cnn(-c2ccnc3cc(C(F)(F)F)ccc23)c1COCc1c(C(=O)N2CCCCC2)cnn1-c1ccnc2cc(C(F)(F)F)ccc12)N1CCCCC1. The molecular formula is C40H36F6N8O3. The van der Waals surface area contributed by atoms with Crippen LogP contribution < -0.4 is 0 Å². The number of piperidine rings is 2. The Morgan fingerprint density at radius 2 is 0.982 bits per heavy atom. The summed E-state index contributed by atoms with van der Waals surface area (Å²) in [6, 6.07) is 9.62. The van der Waals surface area contributed by atoms with E-state index in [1.54, 1.807) is 21.9 Å². The van der Waals surface area contributed by atoms with Crippen molar-refractivity contribution < 1.29 is 40.7 Å². The molecule has 0 spiro atoms. The molecule has 2 aliphatic rings. The summed E-state index contributed by atoms with van der Waals surface area (Å²) in [5.41, 5.74) is 0.299. The second kappa shape index (κ2) is 15.2. The normalized spacial score (nSPS) is 15.5. The van der Waals surface area contributed by atoms with Crippen molar-refractivity contribution in [3.8, 4) is 11.4 Å². The molecule has 0 unspecified atom stereocenters. The maximum absolute atomic E-state index is 14.0. The van der Waals surface area contributed by atoms with E-state index in [1.807, 2.05) is 0 Å². The summed E-state index contributed by atoms with van der Waals surface area (Å²) < 4.78 is 90.9. The molecule has 296 valence electrons. The van der Waals surface area contributed by atoms with Gasteiger partial charge in [-0.2, -0.15) is 36.5 Å². The molecule has 2 saturated heterocycles. The molecule has 17 heteroatoms. The lowest BCUT2D eigenvalue weighted by molar-refractivity contribution is -0.138. The predicted octanol–water partition coefficient (Wildman–Crippen LogP) is 8.16. The van der Waals surface area contributed by atoms with Gasteiger partial charge < -0.3 is 14.5 Å². The number of aromatic nitrogens is 6. The van der Waals surface area contributed by atoms with Crippen LogP contribution in [0, 0.1) is 0 Å². The van der Waals surface area contributed by atoms with E-state index >= 15 is 0 Å². The predicted molar refractivity (Wildman–Crippen MR) is 196 cm³/mol.